The maximum Gasteiger partial charge on any atom is 0.262 e. The Balaban J connectivity index is 1.88. The molecular formula is C12H20N4O2S. The van der Waals surface area contributed by atoms with Crippen LogP contribution in [-0.4, -0.2) is 58.9 Å². The van der Waals surface area contributed by atoms with Gasteiger partial charge in [0.05, 0.1) is 6.33 Å². The Morgan fingerprint density at radius 1 is 1.37 bits per heavy atom. The second-order valence-electron chi connectivity index (χ2n) is 5.59. The van der Waals surface area contributed by atoms with E-state index in [1.165, 1.54) is 12.7 Å². The van der Waals surface area contributed by atoms with Gasteiger partial charge in [-0.25, -0.2) is 13.4 Å². The SMILES string of the molecule is C[C@@H]1CN2CCC[C@@H]2CN1S(=O)(=O)c1cn(C)cn1. The van der Waals surface area contributed by atoms with E-state index in [9.17, 15) is 8.42 Å². The molecule has 3 heterocycles. The van der Waals surface area contributed by atoms with E-state index in [0.717, 1.165) is 19.5 Å². The molecule has 2 fully saturated rings. The summed E-state index contributed by atoms with van der Waals surface area (Å²) in [7, 11) is -1.67. The number of aryl methyl sites for hydroxylation is 1. The summed E-state index contributed by atoms with van der Waals surface area (Å²) < 4.78 is 28.6. The van der Waals surface area contributed by atoms with Crippen LogP contribution in [-0.2, 0) is 17.1 Å². The van der Waals surface area contributed by atoms with Gasteiger partial charge in [-0.15, -0.1) is 0 Å². The Kier molecular flexibility index (Phi) is 3.15. The van der Waals surface area contributed by atoms with E-state index in [1.807, 2.05) is 6.92 Å². The fraction of sp³-hybridized carbons (Fsp3) is 0.750. The number of hydrogen-bond donors (Lipinski definition) is 0. The van der Waals surface area contributed by atoms with Crippen LogP contribution < -0.4 is 0 Å². The molecule has 0 N–H and O–H groups in total. The maximum absolute atomic E-state index is 12.6. The van der Waals surface area contributed by atoms with Gasteiger partial charge in [-0.05, 0) is 26.3 Å². The number of aromatic nitrogens is 2. The fourth-order valence-electron chi connectivity index (χ4n) is 3.14. The molecule has 0 unspecified atom stereocenters. The highest BCUT2D eigenvalue weighted by molar-refractivity contribution is 7.89. The standard InChI is InChI=1S/C12H20N4O2S/c1-10-6-15-5-3-4-11(15)7-16(10)19(17,18)12-8-14(2)9-13-12/h8-11H,3-7H2,1-2H3/t10-,11-/m1/s1. The molecule has 0 spiro atoms. The van der Waals surface area contributed by atoms with Gasteiger partial charge in [0.2, 0.25) is 0 Å². The van der Waals surface area contributed by atoms with Gasteiger partial charge in [-0.2, -0.15) is 4.31 Å². The van der Waals surface area contributed by atoms with E-state index in [-0.39, 0.29) is 11.1 Å². The number of fused-ring (bicyclic) bond motifs is 1. The van der Waals surface area contributed by atoms with Gasteiger partial charge in [-0.1, -0.05) is 0 Å². The summed E-state index contributed by atoms with van der Waals surface area (Å²) in [5, 5.41) is 0.160. The van der Waals surface area contributed by atoms with Crippen molar-refractivity contribution in [2.45, 2.75) is 36.9 Å². The lowest BCUT2D eigenvalue weighted by Crippen LogP contribution is -2.56. The summed E-state index contributed by atoms with van der Waals surface area (Å²) in [6.45, 7) is 4.51. The largest absolute Gasteiger partial charge is 0.339 e. The molecular weight excluding hydrogens is 264 g/mol. The normalized spacial score (nSPS) is 29.6. The molecule has 2 aliphatic heterocycles. The first-order valence-electron chi connectivity index (χ1n) is 6.72. The minimum atomic E-state index is -3.45. The molecule has 7 heteroatoms. The summed E-state index contributed by atoms with van der Waals surface area (Å²) in [4.78, 5) is 6.41. The van der Waals surface area contributed by atoms with Gasteiger partial charge >= 0.3 is 0 Å². The van der Waals surface area contributed by atoms with Crippen molar-refractivity contribution in [3.8, 4) is 0 Å². The maximum atomic E-state index is 12.6. The van der Waals surface area contributed by atoms with Gasteiger partial charge in [-0.3, -0.25) is 4.90 Å². The first-order chi connectivity index (χ1) is 8.98. The molecule has 3 rings (SSSR count). The van der Waals surface area contributed by atoms with Crippen LogP contribution in [0.4, 0.5) is 0 Å². The lowest BCUT2D eigenvalue weighted by molar-refractivity contribution is 0.117. The monoisotopic (exact) mass is 284 g/mol. The molecule has 0 saturated carbocycles. The Morgan fingerprint density at radius 2 is 2.16 bits per heavy atom. The Labute approximate surface area is 114 Å². The zero-order chi connectivity index (χ0) is 13.6. The van der Waals surface area contributed by atoms with Crippen molar-refractivity contribution < 1.29 is 8.42 Å². The van der Waals surface area contributed by atoms with Gasteiger partial charge < -0.3 is 4.57 Å². The summed E-state index contributed by atoms with van der Waals surface area (Å²) in [5.74, 6) is 0. The molecule has 106 valence electrons. The van der Waals surface area contributed by atoms with Gasteiger partial charge in [0.25, 0.3) is 10.0 Å². The van der Waals surface area contributed by atoms with Crippen LogP contribution in [0.3, 0.4) is 0 Å². The molecule has 0 amide bonds. The van der Waals surface area contributed by atoms with Crippen LogP contribution in [0.2, 0.25) is 0 Å². The summed E-state index contributed by atoms with van der Waals surface area (Å²) in [6.07, 6.45) is 5.38. The Morgan fingerprint density at radius 3 is 2.84 bits per heavy atom. The first-order valence-corrected chi connectivity index (χ1v) is 8.16. The predicted octanol–water partition coefficient (Wildman–Crippen LogP) is 0.277. The van der Waals surface area contributed by atoms with E-state index < -0.39 is 10.0 Å². The third-order valence-electron chi connectivity index (χ3n) is 4.13. The Bertz CT molecular complexity index is 568. The van der Waals surface area contributed by atoms with Gasteiger partial charge in [0.15, 0.2) is 5.03 Å². The van der Waals surface area contributed by atoms with Crippen molar-refractivity contribution in [3.05, 3.63) is 12.5 Å². The predicted molar refractivity (Wildman–Crippen MR) is 71.2 cm³/mol. The van der Waals surface area contributed by atoms with Crippen molar-refractivity contribution in [3.63, 3.8) is 0 Å². The molecule has 0 aliphatic carbocycles. The van der Waals surface area contributed by atoms with Crippen LogP contribution in [0.1, 0.15) is 19.8 Å². The zero-order valence-corrected chi connectivity index (χ0v) is 12.2. The fourth-order valence-corrected chi connectivity index (χ4v) is 4.77. The lowest BCUT2D eigenvalue weighted by Gasteiger charge is -2.40. The molecule has 0 radical (unpaired) electrons. The number of nitrogens with zero attached hydrogens (tertiary/aromatic N) is 4. The van der Waals surface area contributed by atoms with E-state index in [0.29, 0.717) is 12.6 Å². The molecule has 2 aliphatic rings. The van der Waals surface area contributed by atoms with E-state index in [4.69, 9.17) is 0 Å². The number of rotatable bonds is 2. The summed E-state index contributed by atoms with van der Waals surface area (Å²) in [5.41, 5.74) is 0. The minimum absolute atomic E-state index is 0.0151. The van der Waals surface area contributed by atoms with Gasteiger partial charge in [0, 0.05) is 38.4 Å². The Hall–Kier alpha value is -0.920. The highest BCUT2D eigenvalue weighted by Crippen LogP contribution is 2.28. The average Bonchev–Trinajstić information content (AvgIpc) is 2.96. The van der Waals surface area contributed by atoms with Crippen LogP contribution in [0.5, 0.6) is 0 Å². The lowest BCUT2D eigenvalue weighted by atomic mass is 10.1. The highest BCUT2D eigenvalue weighted by atomic mass is 32.2. The zero-order valence-electron chi connectivity index (χ0n) is 11.4. The van der Waals surface area contributed by atoms with Crippen molar-refractivity contribution in [1.82, 2.24) is 18.8 Å². The first kappa shape index (κ1) is 13.1. The number of sulfonamides is 1. The molecule has 1 aromatic heterocycles. The average molecular weight is 284 g/mol. The van der Waals surface area contributed by atoms with E-state index in [2.05, 4.69) is 9.88 Å². The highest BCUT2D eigenvalue weighted by Gasteiger charge is 2.40. The molecule has 6 nitrogen and oxygen atoms in total. The van der Waals surface area contributed by atoms with E-state index >= 15 is 0 Å². The van der Waals surface area contributed by atoms with Gasteiger partial charge in [0.1, 0.15) is 0 Å². The third-order valence-corrected chi connectivity index (χ3v) is 6.00. The number of piperazine rings is 1. The second kappa shape index (κ2) is 4.57. The molecule has 1 aromatic rings. The second-order valence-corrected chi connectivity index (χ2v) is 7.43. The summed E-state index contributed by atoms with van der Waals surface area (Å²) in [6, 6.07) is 0.399. The van der Waals surface area contributed by atoms with Crippen LogP contribution in [0.15, 0.2) is 17.6 Å². The van der Waals surface area contributed by atoms with Crippen LogP contribution in [0, 0.1) is 0 Å². The summed E-state index contributed by atoms with van der Waals surface area (Å²) >= 11 is 0. The third kappa shape index (κ3) is 2.19. The van der Waals surface area contributed by atoms with E-state index in [1.54, 1.807) is 22.1 Å². The molecule has 0 bridgehead atoms. The minimum Gasteiger partial charge on any atom is -0.339 e. The quantitative estimate of drug-likeness (QED) is 0.782. The van der Waals surface area contributed by atoms with Crippen molar-refractivity contribution in [2.24, 2.45) is 7.05 Å². The molecule has 0 aromatic carbocycles. The molecule has 2 saturated heterocycles. The van der Waals surface area contributed by atoms with Crippen LogP contribution in [0.25, 0.3) is 0 Å². The van der Waals surface area contributed by atoms with Crippen molar-refractivity contribution in [1.29, 1.82) is 0 Å². The topological polar surface area (TPSA) is 58.4 Å². The van der Waals surface area contributed by atoms with Crippen LogP contribution >= 0.6 is 0 Å². The smallest absolute Gasteiger partial charge is 0.262 e. The van der Waals surface area contributed by atoms with Crippen molar-refractivity contribution >= 4 is 10.0 Å². The molecule has 19 heavy (non-hydrogen) atoms. The number of imidazole rings is 1. The molecule has 2 atom stereocenters. The number of hydrogen-bond acceptors (Lipinski definition) is 4. The van der Waals surface area contributed by atoms with Crippen molar-refractivity contribution in [2.75, 3.05) is 19.6 Å².